The third-order valence-corrected chi connectivity index (χ3v) is 3.30. The highest BCUT2D eigenvalue weighted by atomic mass is 35.5. The van der Waals surface area contributed by atoms with Gasteiger partial charge in [-0.15, -0.1) is 0 Å². The minimum absolute atomic E-state index is 0.746. The Morgan fingerprint density at radius 3 is 2.58 bits per heavy atom. The minimum atomic E-state index is 0.746. The second-order valence-electron chi connectivity index (χ2n) is 4.35. The van der Waals surface area contributed by atoms with E-state index in [1.165, 1.54) is 5.56 Å². The molecule has 0 bridgehead atoms. The van der Waals surface area contributed by atoms with E-state index >= 15 is 0 Å². The van der Waals surface area contributed by atoms with Gasteiger partial charge in [0.05, 0.1) is 5.52 Å². The molecule has 3 heteroatoms. The first-order valence-corrected chi connectivity index (χ1v) is 6.53. The molecule has 0 saturated carbocycles. The SMILES string of the molecule is Clc1ccc(NCc2cccc3cccnc23)cc1. The van der Waals surface area contributed by atoms with Crippen LogP contribution < -0.4 is 5.32 Å². The molecule has 3 rings (SSSR count). The van der Waals surface area contributed by atoms with Crippen LogP contribution in [-0.2, 0) is 6.54 Å². The number of benzene rings is 2. The fraction of sp³-hybridized carbons (Fsp3) is 0.0625. The van der Waals surface area contributed by atoms with E-state index in [1.807, 2.05) is 36.5 Å². The van der Waals surface area contributed by atoms with Crippen LogP contribution in [0.15, 0.2) is 60.8 Å². The monoisotopic (exact) mass is 268 g/mol. The van der Waals surface area contributed by atoms with Crippen LogP contribution in [0.5, 0.6) is 0 Å². The number of halogens is 1. The summed E-state index contributed by atoms with van der Waals surface area (Å²) >= 11 is 5.87. The first-order valence-electron chi connectivity index (χ1n) is 6.15. The van der Waals surface area contributed by atoms with E-state index in [4.69, 9.17) is 11.6 Å². The van der Waals surface area contributed by atoms with Gasteiger partial charge in [0.15, 0.2) is 0 Å². The average Bonchev–Trinajstić information content (AvgIpc) is 2.47. The number of fused-ring (bicyclic) bond motifs is 1. The van der Waals surface area contributed by atoms with Gasteiger partial charge < -0.3 is 5.32 Å². The maximum Gasteiger partial charge on any atom is 0.0751 e. The Balaban J connectivity index is 1.84. The van der Waals surface area contributed by atoms with Crippen molar-refractivity contribution in [1.82, 2.24) is 4.98 Å². The number of nitrogens with zero attached hydrogens (tertiary/aromatic N) is 1. The summed E-state index contributed by atoms with van der Waals surface area (Å²) in [5.74, 6) is 0. The lowest BCUT2D eigenvalue weighted by molar-refractivity contribution is 1.15. The van der Waals surface area contributed by atoms with Crippen molar-refractivity contribution < 1.29 is 0 Å². The van der Waals surface area contributed by atoms with Crippen molar-refractivity contribution in [3.63, 3.8) is 0 Å². The maximum atomic E-state index is 5.87. The van der Waals surface area contributed by atoms with E-state index in [2.05, 4.69) is 34.6 Å². The second-order valence-corrected chi connectivity index (χ2v) is 4.79. The number of aromatic nitrogens is 1. The number of nitrogens with one attached hydrogen (secondary N) is 1. The van der Waals surface area contributed by atoms with Crippen molar-refractivity contribution in [2.24, 2.45) is 0 Å². The normalized spacial score (nSPS) is 10.6. The molecule has 2 nitrogen and oxygen atoms in total. The van der Waals surface area contributed by atoms with Crippen LogP contribution in [-0.4, -0.2) is 4.98 Å². The van der Waals surface area contributed by atoms with Crippen LogP contribution in [0, 0.1) is 0 Å². The zero-order valence-corrected chi connectivity index (χ0v) is 11.1. The molecular weight excluding hydrogens is 256 g/mol. The third kappa shape index (κ3) is 2.69. The summed E-state index contributed by atoms with van der Waals surface area (Å²) < 4.78 is 0. The lowest BCUT2D eigenvalue weighted by Gasteiger charge is -2.08. The molecule has 0 unspecified atom stereocenters. The van der Waals surface area contributed by atoms with Crippen LogP contribution in [0.3, 0.4) is 0 Å². The van der Waals surface area contributed by atoms with Crippen LogP contribution in [0.1, 0.15) is 5.56 Å². The maximum absolute atomic E-state index is 5.87. The van der Waals surface area contributed by atoms with E-state index in [9.17, 15) is 0 Å². The Kier molecular flexibility index (Phi) is 3.34. The molecule has 0 fully saturated rings. The highest BCUT2D eigenvalue weighted by Gasteiger charge is 2.01. The molecule has 0 aliphatic carbocycles. The number of rotatable bonds is 3. The van der Waals surface area contributed by atoms with E-state index in [0.29, 0.717) is 0 Å². The van der Waals surface area contributed by atoms with Crippen LogP contribution >= 0.6 is 11.6 Å². The van der Waals surface area contributed by atoms with Crippen molar-refractivity contribution in [2.75, 3.05) is 5.32 Å². The molecule has 0 amide bonds. The molecule has 1 heterocycles. The zero-order chi connectivity index (χ0) is 13.1. The molecule has 1 aromatic heterocycles. The highest BCUT2D eigenvalue weighted by Crippen LogP contribution is 2.18. The predicted molar refractivity (Wildman–Crippen MR) is 80.5 cm³/mol. The fourth-order valence-corrected chi connectivity index (χ4v) is 2.20. The van der Waals surface area contributed by atoms with Gasteiger partial charge in [-0.05, 0) is 35.9 Å². The van der Waals surface area contributed by atoms with Gasteiger partial charge in [0.2, 0.25) is 0 Å². The van der Waals surface area contributed by atoms with Gasteiger partial charge in [-0.1, -0.05) is 35.9 Å². The molecule has 3 aromatic rings. The average molecular weight is 269 g/mol. The summed E-state index contributed by atoms with van der Waals surface area (Å²) in [6, 6.07) is 18.0. The molecule has 19 heavy (non-hydrogen) atoms. The topological polar surface area (TPSA) is 24.9 Å². The quantitative estimate of drug-likeness (QED) is 0.756. The van der Waals surface area contributed by atoms with Crippen molar-refractivity contribution in [3.05, 3.63) is 71.4 Å². The third-order valence-electron chi connectivity index (χ3n) is 3.04. The number of para-hydroxylation sites is 1. The van der Waals surface area contributed by atoms with Gasteiger partial charge in [-0.3, -0.25) is 4.98 Å². The Labute approximate surface area is 117 Å². The predicted octanol–water partition coefficient (Wildman–Crippen LogP) is 4.50. The summed E-state index contributed by atoms with van der Waals surface area (Å²) in [6.45, 7) is 0.746. The second kappa shape index (κ2) is 5.29. The number of hydrogen-bond acceptors (Lipinski definition) is 2. The molecular formula is C16H13ClN2. The van der Waals surface area contributed by atoms with Crippen LogP contribution in [0.2, 0.25) is 5.02 Å². The van der Waals surface area contributed by atoms with E-state index in [1.54, 1.807) is 0 Å². The summed E-state index contributed by atoms with van der Waals surface area (Å²) in [5, 5.41) is 5.29. The van der Waals surface area contributed by atoms with E-state index < -0.39 is 0 Å². The molecule has 0 atom stereocenters. The Hall–Kier alpha value is -2.06. The Morgan fingerprint density at radius 2 is 1.74 bits per heavy atom. The van der Waals surface area contributed by atoms with Crippen LogP contribution in [0.25, 0.3) is 10.9 Å². The van der Waals surface area contributed by atoms with Crippen molar-refractivity contribution >= 4 is 28.2 Å². The molecule has 0 aliphatic rings. The van der Waals surface area contributed by atoms with Crippen molar-refractivity contribution in [3.8, 4) is 0 Å². The lowest BCUT2D eigenvalue weighted by atomic mass is 10.1. The van der Waals surface area contributed by atoms with Crippen LogP contribution in [0.4, 0.5) is 5.69 Å². The first kappa shape index (κ1) is 12.0. The van der Waals surface area contributed by atoms with Gasteiger partial charge in [0.1, 0.15) is 0 Å². The summed E-state index contributed by atoms with van der Waals surface area (Å²) in [5.41, 5.74) is 3.29. The molecule has 94 valence electrons. The van der Waals surface area contributed by atoms with Crippen molar-refractivity contribution in [1.29, 1.82) is 0 Å². The largest absolute Gasteiger partial charge is 0.381 e. The highest BCUT2D eigenvalue weighted by molar-refractivity contribution is 6.30. The zero-order valence-electron chi connectivity index (χ0n) is 10.3. The molecule has 1 N–H and O–H groups in total. The lowest BCUT2D eigenvalue weighted by Crippen LogP contribution is -2.00. The van der Waals surface area contributed by atoms with E-state index in [0.717, 1.165) is 28.2 Å². The van der Waals surface area contributed by atoms with Gasteiger partial charge in [-0.2, -0.15) is 0 Å². The molecule has 0 aliphatic heterocycles. The molecule has 0 radical (unpaired) electrons. The van der Waals surface area contributed by atoms with Gasteiger partial charge in [0, 0.05) is 28.8 Å². The molecule has 0 spiro atoms. The van der Waals surface area contributed by atoms with Crippen molar-refractivity contribution in [2.45, 2.75) is 6.54 Å². The molecule has 0 saturated heterocycles. The number of pyridine rings is 1. The Bertz CT molecular complexity index is 687. The standard InChI is InChI=1S/C16H13ClN2/c17-14-6-8-15(9-7-14)19-11-13-4-1-3-12-5-2-10-18-16(12)13/h1-10,19H,11H2. The van der Waals surface area contributed by atoms with Gasteiger partial charge >= 0.3 is 0 Å². The fourth-order valence-electron chi connectivity index (χ4n) is 2.08. The first-order chi connectivity index (χ1) is 9.33. The summed E-state index contributed by atoms with van der Waals surface area (Å²) in [6.07, 6.45) is 1.83. The van der Waals surface area contributed by atoms with E-state index in [-0.39, 0.29) is 0 Å². The van der Waals surface area contributed by atoms with Gasteiger partial charge in [-0.25, -0.2) is 0 Å². The van der Waals surface area contributed by atoms with Gasteiger partial charge in [0.25, 0.3) is 0 Å². The number of hydrogen-bond donors (Lipinski definition) is 1. The smallest absolute Gasteiger partial charge is 0.0751 e. The minimum Gasteiger partial charge on any atom is -0.381 e. The summed E-state index contributed by atoms with van der Waals surface area (Å²) in [7, 11) is 0. The molecule has 2 aromatic carbocycles. The summed E-state index contributed by atoms with van der Waals surface area (Å²) in [4.78, 5) is 4.45. The number of anilines is 1. The Morgan fingerprint density at radius 1 is 0.947 bits per heavy atom.